The highest BCUT2D eigenvalue weighted by atomic mass is 32.2. The van der Waals surface area contributed by atoms with Crippen molar-refractivity contribution in [1.29, 1.82) is 0 Å². The molecule has 31 heavy (non-hydrogen) atoms. The van der Waals surface area contributed by atoms with Crippen molar-refractivity contribution in [2.75, 3.05) is 18.8 Å². The van der Waals surface area contributed by atoms with E-state index >= 15 is 0 Å². The van der Waals surface area contributed by atoms with Gasteiger partial charge in [-0.05, 0) is 31.0 Å². The summed E-state index contributed by atoms with van der Waals surface area (Å²) in [7, 11) is 1.65. The minimum atomic E-state index is -0.148. The lowest BCUT2D eigenvalue weighted by molar-refractivity contribution is 0.0787. The number of nitrogens with one attached hydrogen (secondary N) is 1. The van der Waals surface area contributed by atoms with Gasteiger partial charge in [0.25, 0.3) is 11.5 Å². The Morgan fingerprint density at radius 1 is 1.16 bits per heavy atom. The zero-order valence-corrected chi connectivity index (χ0v) is 17.7. The monoisotopic (exact) mass is 436 g/mol. The molecule has 4 heterocycles. The van der Waals surface area contributed by atoms with Crippen LogP contribution in [0.1, 0.15) is 33.7 Å². The van der Waals surface area contributed by atoms with Gasteiger partial charge < -0.3 is 9.88 Å². The first kappa shape index (κ1) is 19.6. The molecule has 1 aliphatic rings. The number of nitrogens with zero attached hydrogens (tertiary/aromatic N) is 5. The van der Waals surface area contributed by atoms with E-state index in [4.69, 9.17) is 0 Å². The van der Waals surface area contributed by atoms with Gasteiger partial charge in [-0.25, -0.2) is 0 Å². The number of aryl methyl sites for hydroxylation is 1. The van der Waals surface area contributed by atoms with Crippen LogP contribution in [0, 0.1) is 0 Å². The molecule has 0 spiro atoms. The van der Waals surface area contributed by atoms with Crippen LogP contribution < -0.4 is 5.56 Å². The number of benzene rings is 1. The number of aromatic nitrogens is 5. The van der Waals surface area contributed by atoms with Crippen LogP contribution in [0.25, 0.3) is 16.7 Å². The zero-order valence-electron chi connectivity index (χ0n) is 16.9. The summed E-state index contributed by atoms with van der Waals surface area (Å²) < 4.78 is 3.23. The van der Waals surface area contributed by atoms with Crippen molar-refractivity contribution >= 4 is 40.1 Å². The fraction of sp³-hybridized carbons (Fsp3) is 0.286. The van der Waals surface area contributed by atoms with E-state index in [-0.39, 0.29) is 23.0 Å². The lowest BCUT2D eigenvalue weighted by Gasteiger charge is -2.13. The van der Waals surface area contributed by atoms with E-state index in [9.17, 15) is 14.4 Å². The standard InChI is InChI=1S/C21H20N6O3S/c1-25-18(29)14-6-2-3-7-16(14)27-20(25)23-24-21(27)31-12-17(28)13-10-15(22-11-13)19(30)26-8-4-5-9-26/h2-3,6-7,10-11,22H,4-5,8-9,12H2,1H3. The van der Waals surface area contributed by atoms with Gasteiger partial charge in [0, 0.05) is 31.9 Å². The number of likely N-dealkylation sites (tertiary alicyclic amines) is 1. The second kappa shape index (κ2) is 7.69. The van der Waals surface area contributed by atoms with E-state index in [0.29, 0.717) is 33.1 Å². The number of carbonyl (C=O) groups excluding carboxylic acids is 2. The number of Topliss-reactive ketones (excluding diaryl/α,β-unsaturated/α-hetero) is 1. The van der Waals surface area contributed by atoms with Gasteiger partial charge in [0.2, 0.25) is 5.78 Å². The van der Waals surface area contributed by atoms with Crippen molar-refractivity contribution in [3.63, 3.8) is 0 Å². The number of rotatable bonds is 5. The van der Waals surface area contributed by atoms with Crippen LogP contribution in [0.5, 0.6) is 0 Å². The second-order valence-corrected chi connectivity index (χ2v) is 8.45. The van der Waals surface area contributed by atoms with Crippen LogP contribution >= 0.6 is 11.8 Å². The Hall–Kier alpha value is -3.40. The average Bonchev–Trinajstić information content (AvgIpc) is 3.55. The molecule has 4 aromatic rings. The fourth-order valence-electron chi connectivity index (χ4n) is 3.89. The fourth-order valence-corrected chi connectivity index (χ4v) is 4.72. The quantitative estimate of drug-likeness (QED) is 0.380. The number of hydrogen-bond donors (Lipinski definition) is 1. The maximum absolute atomic E-state index is 12.7. The molecule has 0 unspecified atom stereocenters. The molecule has 3 aromatic heterocycles. The Morgan fingerprint density at radius 3 is 2.74 bits per heavy atom. The Balaban J connectivity index is 1.39. The number of aromatic amines is 1. The second-order valence-electron chi connectivity index (χ2n) is 7.51. The van der Waals surface area contributed by atoms with E-state index in [2.05, 4.69) is 15.2 Å². The number of ketones is 1. The maximum atomic E-state index is 12.7. The molecular weight excluding hydrogens is 416 g/mol. The molecule has 1 aliphatic heterocycles. The molecule has 0 bridgehead atoms. The molecule has 9 nitrogen and oxygen atoms in total. The predicted octanol–water partition coefficient (Wildman–Crippen LogP) is 2.12. The Morgan fingerprint density at radius 2 is 1.94 bits per heavy atom. The van der Waals surface area contributed by atoms with Gasteiger partial charge in [0.15, 0.2) is 10.9 Å². The van der Waals surface area contributed by atoms with Crippen molar-refractivity contribution < 1.29 is 9.59 Å². The van der Waals surface area contributed by atoms with Gasteiger partial charge in [-0.3, -0.25) is 23.4 Å². The van der Waals surface area contributed by atoms with Gasteiger partial charge in [-0.2, -0.15) is 0 Å². The van der Waals surface area contributed by atoms with Gasteiger partial charge in [-0.15, -0.1) is 10.2 Å². The SMILES string of the molecule is Cn1c(=O)c2ccccc2n2c(SCC(=O)c3c[nH]c(C(=O)N4CCCC4)c3)nnc12. The number of para-hydroxylation sites is 1. The summed E-state index contributed by atoms with van der Waals surface area (Å²) in [6, 6.07) is 8.87. The molecule has 1 aromatic carbocycles. The minimum absolute atomic E-state index is 0.0694. The summed E-state index contributed by atoms with van der Waals surface area (Å²) >= 11 is 1.25. The van der Waals surface area contributed by atoms with Crippen LogP contribution in [-0.4, -0.2) is 59.6 Å². The van der Waals surface area contributed by atoms with Crippen LogP contribution in [0.15, 0.2) is 46.5 Å². The minimum Gasteiger partial charge on any atom is -0.356 e. The number of hydrogen-bond acceptors (Lipinski definition) is 6. The molecule has 1 saturated heterocycles. The highest BCUT2D eigenvalue weighted by Gasteiger charge is 2.22. The topological polar surface area (TPSA) is 105 Å². The summed E-state index contributed by atoms with van der Waals surface area (Å²) in [6.07, 6.45) is 3.61. The van der Waals surface area contributed by atoms with Crippen molar-refractivity contribution in [3.05, 3.63) is 58.1 Å². The van der Waals surface area contributed by atoms with E-state index in [1.807, 2.05) is 18.2 Å². The average molecular weight is 436 g/mol. The van der Waals surface area contributed by atoms with E-state index in [1.54, 1.807) is 34.7 Å². The molecule has 1 fully saturated rings. The van der Waals surface area contributed by atoms with E-state index < -0.39 is 0 Å². The number of H-pyrrole nitrogens is 1. The third-order valence-electron chi connectivity index (χ3n) is 5.56. The molecule has 0 radical (unpaired) electrons. The third-order valence-corrected chi connectivity index (χ3v) is 6.49. The van der Waals surface area contributed by atoms with Crippen molar-refractivity contribution in [3.8, 4) is 0 Å². The molecule has 0 saturated carbocycles. The lowest BCUT2D eigenvalue weighted by atomic mass is 10.2. The van der Waals surface area contributed by atoms with Gasteiger partial charge in [-0.1, -0.05) is 23.9 Å². The van der Waals surface area contributed by atoms with Crippen LogP contribution in [0.4, 0.5) is 0 Å². The Bertz CT molecular complexity index is 1380. The highest BCUT2D eigenvalue weighted by Crippen LogP contribution is 2.22. The molecule has 5 rings (SSSR count). The number of amides is 1. The van der Waals surface area contributed by atoms with Gasteiger partial charge >= 0.3 is 0 Å². The number of carbonyl (C=O) groups is 2. The number of thioether (sulfide) groups is 1. The lowest BCUT2D eigenvalue weighted by Crippen LogP contribution is -2.27. The molecule has 1 N–H and O–H groups in total. The third kappa shape index (κ3) is 3.32. The molecule has 0 aliphatic carbocycles. The van der Waals surface area contributed by atoms with Crippen molar-refractivity contribution in [2.24, 2.45) is 7.05 Å². The van der Waals surface area contributed by atoms with Crippen molar-refractivity contribution in [1.82, 2.24) is 29.0 Å². The normalized spacial score (nSPS) is 14.0. The van der Waals surface area contributed by atoms with Gasteiger partial charge in [0.1, 0.15) is 5.69 Å². The molecule has 158 valence electrons. The first-order valence-electron chi connectivity index (χ1n) is 10.0. The largest absolute Gasteiger partial charge is 0.356 e. The smallest absolute Gasteiger partial charge is 0.270 e. The van der Waals surface area contributed by atoms with Gasteiger partial charge in [0.05, 0.1) is 16.7 Å². The highest BCUT2D eigenvalue weighted by molar-refractivity contribution is 7.99. The Labute approximate surface area is 181 Å². The first-order valence-corrected chi connectivity index (χ1v) is 11.0. The predicted molar refractivity (Wildman–Crippen MR) is 117 cm³/mol. The zero-order chi connectivity index (χ0) is 21.5. The summed E-state index contributed by atoms with van der Waals surface area (Å²) in [6.45, 7) is 1.51. The first-order chi connectivity index (χ1) is 15.0. The summed E-state index contributed by atoms with van der Waals surface area (Å²) in [5.74, 6) is 0.360. The van der Waals surface area contributed by atoms with Crippen LogP contribution in [0.3, 0.4) is 0 Å². The maximum Gasteiger partial charge on any atom is 0.270 e. The van der Waals surface area contributed by atoms with E-state index in [1.165, 1.54) is 16.3 Å². The molecular formula is C21H20N6O3S. The van der Waals surface area contributed by atoms with Crippen LogP contribution in [0.2, 0.25) is 0 Å². The van der Waals surface area contributed by atoms with Crippen molar-refractivity contribution in [2.45, 2.75) is 18.0 Å². The van der Waals surface area contributed by atoms with Crippen LogP contribution in [-0.2, 0) is 7.05 Å². The molecule has 10 heteroatoms. The van der Waals surface area contributed by atoms with E-state index in [0.717, 1.165) is 25.9 Å². The summed E-state index contributed by atoms with van der Waals surface area (Å²) in [5, 5.41) is 9.42. The summed E-state index contributed by atoms with van der Waals surface area (Å²) in [4.78, 5) is 42.5. The number of fused-ring (bicyclic) bond motifs is 3. The Kier molecular flexibility index (Phi) is 4.85. The molecule has 1 amide bonds. The molecule has 0 atom stereocenters. The summed E-state index contributed by atoms with van der Waals surface area (Å²) in [5.41, 5.74) is 1.44.